The van der Waals surface area contributed by atoms with Gasteiger partial charge in [-0.25, -0.2) is 4.79 Å². The number of ketones is 1. The van der Waals surface area contributed by atoms with Crippen LogP contribution in [0.2, 0.25) is 0 Å². The zero-order valence-electron chi connectivity index (χ0n) is 21.2. The van der Waals surface area contributed by atoms with Gasteiger partial charge in [0.1, 0.15) is 23.4 Å². The SMILES string of the molecule is COC(=O)[C@@H](O)[C@H]1[C@@]2(C)C[C@]3(O)[C@@H]4[C@@H](O[C@]56CC(=O)O[C@@H](c7ccoc7)[C@]5(C)CCC([C@]13C)[C@]46O)C2=O. The summed E-state index contributed by atoms with van der Waals surface area (Å²) < 4.78 is 22.7. The molecule has 1 spiro atoms. The molecule has 3 heterocycles. The molecule has 2 aliphatic heterocycles. The Labute approximate surface area is 213 Å². The van der Waals surface area contributed by atoms with Crippen LogP contribution in [0.1, 0.15) is 58.1 Å². The van der Waals surface area contributed by atoms with Crippen LogP contribution in [0.25, 0.3) is 0 Å². The van der Waals surface area contributed by atoms with Gasteiger partial charge in [-0.1, -0.05) is 20.8 Å². The fourth-order valence-corrected chi connectivity index (χ4v) is 10.7. The molecule has 4 saturated carbocycles. The maximum Gasteiger partial charge on any atom is 0.335 e. The minimum Gasteiger partial charge on any atom is -0.472 e. The number of methoxy groups -OCH3 is 1. The highest BCUT2D eigenvalue weighted by molar-refractivity contribution is 5.94. The molecule has 6 fully saturated rings. The van der Waals surface area contributed by atoms with Gasteiger partial charge in [0.2, 0.25) is 0 Å². The van der Waals surface area contributed by atoms with E-state index in [2.05, 4.69) is 0 Å². The molecule has 10 heteroatoms. The fourth-order valence-electron chi connectivity index (χ4n) is 10.7. The van der Waals surface area contributed by atoms with Gasteiger partial charge >= 0.3 is 11.9 Å². The van der Waals surface area contributed by atoms with Crippen LogP contribution in [0, 0.1) is 34.0 Å². The normalized spacial score (nSPS) is 55.6. The van der Waals surface area contributed by atoms with Crippen LogP contribution in [0.3, 0.4) is 0 Å². The van der Waals surface area contributed by atoms with Crippen molar-refractivity contribution in [2.24, 2.45) is 34.0 Å². The fraction of sp³-hybridized carbons (Fsp3) is 0.741. The summed E-state index contributed by atoms with van der Waals surface area (Å²) in [6, 6.07) is 1.71. The molecule has 37 heavy (non-hydrogen) atoms. The van der Waals surface area contributed by atoms with Crippen molar-refractivity contribution < 1.29 is 48.3 Å². The summed E-state index contributed by atoms with van der Waals surface area (Å²) in [5.74, 6) is -4.55. The standard InChI is InChI=1S/C27H32O10/c1-22-11-25(32)18-16(19(22)30)37-26-9-14(28)36-20(12-6-8-35-10-12)23(26,2)7-5-13(27(18,26)33)24(25,3)17(22)15(29)21(31)34-4/h6,8,10,13,15-18,20,29,32-33H,5,7,9,11H2,1-4H3/t13?,15-,16+,17-,18-,20-,22+,23-,24+,25-,26+,27-/m0/s1. The topological polar surface area (TPSA) is 153 Å². The zero-order valence-corrected chi connectivity index (χ0v) is 21.2. The average Bonchev–Trinajstić information content (AvgIpc) is 3.52. The summed E-state index contributed by atoms with van der Waals surface area (Å²) in [5.41, 5.74) is -7.81. The van der Waals surface area contributed by atoms with E-state index in [4.69, 9.17) is 18.6 Å². The van der Waals surface area contributed by atoms with Gasteiger partial charge < -0.3 is 33.9 Å². The first-order valence-corrected chi connectivity index (χ1v) is 12.9. The van der Waals surface area contributed by atoms with Gasteiger partial charge in [-0.15, -0.1) is 0 Å². The lowest BCUT2D eigenvalue weighted by Crippen LogP contribution is -2.72. The van der Waals surface area contributed by atoms with Crippen molar-refractivity contribution in [2.75, 3.05) is 7.11 Å². The minimum absolute atomic E-state index is 0.0280. The quantitative estimate of drug-likeness (QED) is 0.497. The lowest BCUT2D eigenvalue weighted by molar-refractivity contribution is -0.295. The third-order valence-corrected chi connectivity index (χ3v) is 11.9. The second-order valence-electron chi connectivity index (χ2n) is 12.9. The van der Waals surface area contributed by atoms with Crippen molar-refractivity contribution in [2.45, 2.75) is 81.6 Å². The summed E-state index contributed by atoms with van der Waals surface area (Å²) in [6.45, 7) is 5.34. The highest BCUT2D eigenvalue weighted by Crippen LogP contribution is 2.85. The summed E-state index contributed by atoms with van der Waals surface area (Å²) in [6.07, 6.45) is -0.164. The lowest BCUT2D eigenvalue weighted by atomic mass is 9.45. The second kappa shape index (κ2) is 6.47. The Kier molecular flexibility index (Phi) is 4.17. The molecule has 1 aromatic heterocycles. The molecule has 1 unspecified atom stereocenters. The Bertz CT molecular complexity index is 1240. The van der Waals surface area contributed by atoms with Crippen LogP contribution >= 0.6 is 0 Å². The van der Waals surface area contributed by atoms with Crippen LogP contribution in [0.4, 0.5) is 0 Å². The van der Waals surface area contributed by atoms with E-state index >= 15 is 0 Å². The van der Waals surface area contributed by atoms with E-state index in [0.29, 0.717) is 18.4 Å². The molecule has 3 N–H and O–H groups in total. The number of esters is 2. The Hall–Kier alpha value is -2.27. The molecule has 10 nitrogen and oxygen atoms in total. The van der Waals surface area contributed by atoms with E-state index in [-0.39, 0.29) is 18.6 Å². The first-order chi connectivity index (χ1) is 17.3. The molecule has 1 aromatic rings. The van der Waals surface area contributed by atoms with Crippen molar-refractivity contribution in [1.82, 2.24) is 0 Å². The number of hydrogen-bond acceptors (Lipinski definition) is 10. The van der Waals surface area contributed by atoms with Gasteiger partial charge in [0.15, 0.2) is 11.9 Å². The number of aliphatic hydroxyl groups excluding tert-OH is 1. The molecule has 0 radical (unpaired) electrons. The van der Waals surface area contributed by atoms with E-state index in [0.717, 1.165) is 7.11 Å². The smallest absolute Gasteiger partial charge is 0.335 e. The Morgan fingerprint density at radius 3 is 2.59 bits per heavy atom. The van der Waals surface area contributed by atoms with Crippen molar-refractivity contribution in [3.63, 3.8) is 0 Å². The van der Waals surface area contributed by atoms with Crippen LogP contribution in [0.5, 0.6) is 0 Å². The van der Waals surface area contributed by atoms with E-state index in [9.17, 15) is 29.7 Å². The Morgan fingerprint density at radius 2 is 1.95 bits per heavy atom. The summed E-state index contributed by atoms with van der Waals surface area (Å²) in [4.78, 5) is 40.1. The first kappa shape index (κ1) is 23.8. The highest BCUT2D eigenvalue weighted by atomic mass is 16.6. The van der Waals surface area contributed by atoms with Crippen molar-refractivity contribution in [3.8, 4) is 0 Å². The van der Waals surface area contributed by atoms with E-state index in [1.807, 2.05) is 6.92 Å². The van der Waals surface area contributed by atoms with Crippen LogP contribution in [0.15, 0.2) is 23.0 Å². The van der Waals surface area contributed by atoms with Crippen molar-refractivity contribution >= 4 is 17.7 Å². The average molecular weight is 517 g/mol. The number of rotatable bonds is 3. The van der Waals surface area contributed by atoms with Crippen molar-refractivity contribution in [3.05, 3.63) is 24.2 Å². The van der Waals surface area contributed by atoms with Gasteiger partial charge in [-0.2, -0.15) is 0 Å². The number of cyclic esters (lactones) is 1. The predicted octanol–water partition coefficient (Wildman–Crippen LogP) is 1.06. The lowest BCUT2D eigenvalue weighted by Gasteiger charge is -2.63. The van der Waals surface area contributed by atoms with Gasteiger partial charge in [-0.05, 0) is 31.2 Å². The van der Waals surface area contributed by atoms with Gasteiger partial charge in [0.05, 0.1) is 37.6 Å². The number of furan rings is 1. The number of ether oxygens (including phenoxy) is 3. The number of aliphatic hydroxyl groups is 3. The van der Waals surface area contributed by atoms with Crippen LogP contribution in [-0.2, 0) is 28.6 Å². The third kappa shape index (κ3) is 2.08. The maximum atomic E-state index is 14.2. The summed E-state index contributed by atoms with van der Waals surface area (Å²) in [5, 5.41) is 36.8. The number of hydrogen-bond donors (Lipinski definition) is 3. The van der Waals surface area contributed by atoms with Gasteiger partial charge in [-0.3, -0.25) is 9.59 Å². The molecule has 200 valence electrons. The second-order valence-corrected chi connectivity index (χ2v) is 12.9. The summed E-state index contributed by atoms with van der Waals surface area (Å²) >= 11 is 0. The Morgan fingerprint density at radius 1 is 1.22 bits per heavy atom. The number of carbonyl (C=O) groups is 3. The van der Waals surface area contributed by atoms with Crippen LogP contribution < -0.4 is 0 Å². The number of carbonyl (C=O) groups excluding carboxylic acids is 3. The van der Waals surface area contributed by atoms with Crippen LogP contribution in [-0.4, -0.2) is 69.2 Å². The molecule has 4 aliphatic carbocycles. The zero-order chi connectivity index (χ0) is 26.6. The Balaban J connectivity index is 1.49. The largest absolute Gasteiger partial charge is 0.472 e. The predicted molar refractivity (Wildman–Crippen MR) is 121 cm³/mol. The molecule has 6 aliphatic rings. The maximum absolute atomic E-state index is 14.2. The molecular formula is C27H32O10. The third-order valence-electron chi connectivity index (χ3n) is 11.9. The van der Waals surface area contributed by atoms with Gasteiger partial charge in [0.25, 0.3) is 0 Å². The van der Waals surface area contributed by atoms with Gasteiger partial charge in [0, 0.05) is 27.7 Å². The van der Waals surface area contributed by atoms with Crippen molar-refractivity contribution in [1.29, 1.82) is 0 Å². The molecule has 0 amide bonds. The molecule has 7 rings (SSSR count). The monoisotopic (exact) mass is 516 g/mol. The molecule has 12 atom stereocenters. The van der Waals surface area contributed by atoms with E-state index in [1.165, 1.54) is 12.5 Å². The first-order valence-electron chi connectivity index (χ1n) is 12.9. The molecule has 0 aromatic carbocycles. The highest BCUT2D eigenvalue weighted by Gasteiger charge is 2.95. The number of fused-ring (bicyclic) bond motifs is 2. The molecular weight excluding hydrogens is 484 g/mol. The van der Waals surface area contributed by atoms with E-state index in [1.54, 1.807) is 19.9 Å². The molecule has 2 saturated heterocycles. The number of Topliss-reactive ketones (excluding diaryl/α,β-unsaturated/α-hetero) is 1. The minimum atomic E-state index is -1.79. The summed E-state index contributed by atoms with van der Waals surface area (Å²) in [7, 11) is 1.16. The van der Waals surface area contributed by atoms with E-state index < -0.39 is 81.1 Å². The molecule has 2 bridgehead atoms.